The molecule has 7 nitrogen and oxygen atoms in total. The summed E-state index contributed by atoms with van der Waals surface area (Å²) in [5.41, 5.74) is -3.05. The maximum Gasteiger partial charge on any atom is 0.408 e. The van der Waals surface area contributed by atoms with Crippen LogP contribution in [0.3, 0.4) is 0 Å². The van der Waals surface area contributed by atoms with E-state index in [0.29, 0.717) is 22.9 Å². The molecule has 1 aliphatic rings. The molecule has 1 aromatic carbocycles. The van der Waals surface area contributed by atoms with Gasteiger partial charge in [-0.05, 0) is 37.8 Å². The Hall–Kier alpha value is -3.61. The zero-order valence-electron chi connectivity index (χ0n) is 19.6. The monoisotopic (exact) mass is 528 g/mol. The van der Waals surface area contributed by atoms with Crippen LogP contribution >= 0.6 is 0 Å². The lowest BCUT2D eigenvalue weighted by molar-refractivity contribution is -0.158. The molecule has 0 unspecified atom stereocenters. The van der Waals surface area contributed by atoms with Crippen LogP contribution in [0, 0.1) is 23.4 Å². The third-order valence-corrected chi connectivity index (χ3v) is 5.97. The van der Waals surface area contributed by atoms with Crippen molar-refractivity contribution in [2.24, 2.45) is 5.92 Å². The highest BCUT2D eigenvalue weighted by Gasteiger charge is 2.49. The number of nitrogens with zero attached hydrogens (tertiary/aromatic N) is 3. The van der Waals surface area contributed by atoms with E-state index in [0.717, 1.165) is 0 Å². The molecule has 0 aliphatic heterocycles. The van der Waals surface area contributed by atoms with Gasteiger partial charge >= 0.3 is 6.18 Å². The quantitative estimate of drug-likeness (QED) is 0.457. The third-order valence-electron chi connectivity index (χ3n) is 5.97. The number of fused-ring (bicyclic) bond motifs is 1. The van der Waals surface area contributed by atoms with E-state index in [1.54, 1.807) is 7.05 Å². The molecule has 1 amide bonds. The molecular formula is C24H22F6N4O3. The lowest BCUT2D eigenvalue weighted by Crippen LogP contribution is -2.48. The second kappa shape index (κ2) is 9.69. The zero-order valence-corrected chi connectivity index (χ0v) is 19.6. The first-order valence-electron chi connectivity index (χ1n) is 11.3. The number of benzene rings is 1. The molecule has 4 rings (SSSR count). The molecule has 1 saturated carbocycles. The number of amides is 1. The van der Waals surface area contributed by atoms with Gasteiger partial charge in [0.2, 0.25) is 5.43 Å². The van der Waals surface area contributed by atoms with Crippen LogP contribution in [0.4, 0.5) is 32.2 Å². The minimum Gasteiger partial charge on any atom is -0.392 e. The summed E-state index contributed by atoms with van der Waals surface area (Å²) in [7, 11) is 1.55. The van der Waals surface area contributed by atoms with Crippen molar-refractivity contribution in [1.82, 2.24) is 14.9 Å². The second-order valence-corrected chi connectivity index (χ2v) is 9.06. The topological polar surface area (TPSA) is 87.5 Å². The first kappa shape index (κ1) is 26.5. The van der Waals surface area contributed by atoms with Crippen LogP contribution in [0.2, 0.25) is 0 Å². The number of halogens is 6. The molecule has 2 N–H and O–H groups in total. The minimum absolute atomic E-state index is 0.0997. The highest BCUT2D eigenvalue weighted by Crippen LogP contribution is 2.40. The Morgan fingerprint density at radius 3 is 2.38 bits per heavy atom. The van der Waals surface area contributed by atoms with Crippen molar-refractivity contribution in [2.75, 3.05) is 18.5 Å². The number of pyridine rings is 2. The van der Waals surface area contributed by atoms with E-state index in [4.69, 9.17) is 0 Å². The van der Waals surface area contributed by atoms with Crippen LogP contribution in [0.25, 0.3) is 16.7 Å². The third kappa shape index (κ3) is 5.41. The maximum atomic E-state index is 14.8. The van der Waals surface area contributed by atoms with E-state index < -0.39 is 64.3 Å². The Bertz CT molecular complexity index is 1400. The lowest BCUT2D eigenvalue weighted by Gasteiger charge is -2.22. The number of hydrogen-bond acceptors (Lipinski definition) is 5. The fourth-order valence-corrected chi connectivity index (χ4v) is 4.11. The summed E-state index contributed by atoms with van der Waals surface area (Å²) in [6.07, 6.45) is -4.38. The van der Waals surface area contributed by atoms with Gasteiger partial charge in [0.1, 0.15) is 28.9 Å². The predicted molar refractivity (Wildman–Crippen MR) is 122 cm³/mol. The number of likely N-dealkylation sites (N-methyl/N-ethyl adjacent to an activating group) is 1. The van der Waals surface area contributed by atoms with Crippen LogP contribution < -0.4 is 15.6 Å². The van der Waals surface area contributed by atoms with E-state index >= 15 is 0 Å². The van der Waals surface area contributed by atoms with Gasteiger partial charge in [0, 0.05) is 31.9 Å². The number of carbonyl (C=O) groups is 1. The number of aliphatic hydroxyl groups is 1. The van der Waals surface area contributed by atoms with Crippen molar-refractivity contribution < 1.29 is 36.2 Å². The summed E-state index contributed by atoms with van der Waals surface area (Å²) in [6, 6.07) is 1.10. The summed E-state index contributed by atoms with van der Waals surface area (Å²) < 4.78 is 84.2. The molecule has 1 aliphatic carbocycles. The first-order chi connectivity index (χ1) is 17.3. The Balaban J connectivity index is 1.92. The SMILES string of the molecule is C[C@@H](O)CN(C)c1ccc2c(=O)c(C(=O)N[C@@H](C3CC3)C(F)(F)F)cn(-c3c(F)cc(F)cc3F)c2n1. The normalized spacial score (nSPS) is 15.5. The average Bonchev–Trinajstić information content (AvgIpc) is 3.61. The van der Waals surface area contributed by atoms with Crippen molar-refractivity contribution in [3.05, 3.63) is 63.7 Å². The van der Waals surface area contributed by atoms with E-state index in [1.807, 2.05) is 5.32 Å². The summed E-state index contributed by atoms with van der Waals surface area (Å²) in [5.74, 6) is -6.08. The molecule has 37 heavy (non-hydrogen) atoms. The molecule has 3 aromatic rings. The van der Waals surface area contributed by atoms with Gasteiger partial charge in [0.05, 0.1) is 11.5 Å². The van der Waals surface area contributed by atoms with Crippen LogP contribution in [0.15, 0.2) is 35.3 Å². The fourth-order valence-electron chi connectivity index (χ4n) is 4.11. The largest absolute Gasteiger partial charge is 0.408 e. The van der Waals surface area contributed by atoms with Crippen LogP contribution in [0.5, 0.6) is 0 Å². The van der Waals surface area contributed by atoms with E-state index in [2.05, 4.69) is 4.98 Å². The van der Waals surface area contributed by atoms with Crippen molar-refractivity contribution in [1.29, 1.82) is 0 Å². The number of aromatic nitrogens is 2. The minimum atomic E-state index is -4.77. The van der Waals surface area contributed by atoms with Gasteiger partial charge in [-0.25, -0.2) is 18.2 Å². The number of aliphatic hydroxyl groups excluding tert-OH is 1. The summed E-state index contributed by atoms with van der Waals surface area (Å²) in [5, 5.41) is 11.2. The second-order valence-electron chi connectivity index (χ2n) is 9.06. The summed E-state index contributed by atoms with van der Waals surface area (Å²) in [6.45, 7) is 1.61. The first-order valence-corrected chi connectivity index (χ1v) is 11.3. The van der Waals surface area contributed by atoms with Gasteiger partial charge in [-0.15, -0.1) is 0 Å². The molecule has 2 atom stereocenters. The van der Waals surface area contributed by atoms with Crippen LogP contribution in [-0.4, -0.2) is 52.5 Å². The number of nitrogens with one attached hydrogen (secondary N) is 1. The van der Waals surface area contributed by atoms with Crippen LogP contribution in [-0.2, 0) is 0 Å². The number of carbonyl (C=O) groups excluding carboxylic acids is 1. The van der Waals surface area contributed by atoms with Gasteiger partial charge in [0.25, 0.3) is 5.91 Å². The van der Waals surface area contributed by atoms with E-state index in [9.17, 15) is 41.0 Å². The average molecular weight is 528 g/mol. The molecule has 198 valence electrons. The van der Waals surface area contributed by atoms with Crippen molar-refractivity contribution in [3.63, 3.8) is 0 Å². The Morgan fingerprint density at radius 1 is 1.22 bits per heavy atom. The number of hydrogen-bond donors (Lipinski definition) is 2. The Kier molecular flexibility index (Phi) is 6.93. The molecule has 0 radical (unpaired) electrons. The van der Waals surface area contributed by atoms with Crippen molar-refractivity contribution in [2.45, 2.75) is 38.1 Å². The van der Waals surface area contributed by atoms with E-state index in [1.165, 1.54) is 24.0 Å². The molecule has 0 bridgehead atoms. The van der Waals surface area contributed by atoms with Gasteiger partial charge < -0.3 is 15.3 Å². The standard InChI is InChI=1S/C24H22F6N4O3/c1-11(35)9-33(2)18-6-5-14-20(36)15(23(37)32-21(12-3-4-12)24(28,29)30)10-34(22(14)31-18)19-16(26)7-13(25)8-17(19)27/h5-8,10-12,21,35H,3-4,9H2,1-2H3,(H,32,37)/t11-,21+/m1/s1. The molecule has 0 spiro atoms. The number of alkyl halides is 3. The summed E-state index contributed by atoms with van der Waals surface area (Å²) in [4.78, 5) is 31.8. The maximum absolute atomic E-state index is 14.8. The molecule has 13 heteroatoms. The zero-order chi connectivity index (χ0) is 27.2. The van der Waals surface area contributed by atoms with Gasteiger partial charge in [-0.1, -0.05) is 0 Å². The van der Waals surface area contributed by atoms with Gasteiger partial charge in [-0.2, -0.15) is 13.2 Å². The highest BCUT2D eigenvalue weighted by atomic mass is 19.4. The van der Waals surface area contributed by atoms with E-state index in [-0.39, 0.29) is 36.2 Å². The Morgan fingerprint density at radius 2 is 1.84 bits per heavy atom. The number of anilines is 1. The molecule has 0 saturated heterocycles. The predicted octanol–water partition coefficient (Wildman–Crippen LogP) is 3.69. The lowest BCUT2D eigenvalue weighted by atomic mass is 10.1. The van der Waals surface area contributed by atoms with Crippen molar-refractivity contribution >= 4 is 22.8 Å². The van der Waals surface area contributed by atoms with Gasteiger partial charge in [-0.3, -0.25) is 14.2 Å². The molecule has 1 fully saturated rings. The van der Waals surface area contributed by atoms with Crippen LogP contribution in [0.1, 0.15) is 30.1 Å². The molecular weight excluding hydrogens is 506 g/mol. The van der Waals surface area contributed by atoms with Gasteiger partial charge in [0.15, 0.2) is 17.3 Å². The Labute approximate surface area is 206 Å². The molecule has 2 aromatic heterocycles. The smallest absolute Gasteiger partial charge is 0.392 e. The van der Waals surface area contributed by atoms with Crippen molar-refractivity contribution in [3.8, 4) is 5.69 Å². The molecule has 2 heterocycles. The summed E-state index contributed by atoms with van der Waals surface area (Å²) >= 11 is 0. The highest BCUT2D eigenvalue weighted by molar-refractivity contribution is 5.97. The number of rotatable bonds is 7. The fraction of sp³-hybridized carbons (Fsp3) is 0.375.